The molecule has 0 heterocycles. The van der Waals surface area contributed by atoms with Crippen molar-refractivity contribution in [3.8, 4) is 0 Å². The molecule has 0 atom stereocenters. The molecule has 0 saturated carbocycles. The summed E-state index contributed by atoms with van der Waals surface area (Å²) in [6, 6.07) is 10.2. The molecular weight excluding hydrogens is 272 g/mol. The van der Waals surface area contributed by atoms with Crippen molar-refractivity contribution in [2.75, 3.05) is 37.7 Å². The molecule has 114 valence electrons. The van der Waals surface area contributed by atoms with Crippen molar-refractivity contribution in [1.29, 1.82) is 0 Å². The first-order chi connectivity index (χ1) is 9.57. The Hall–Kier alpha value is -0.910. The first-order valence-electron chi connectivity index (χ1n) is 7.24. The lowest BCUT2D eigenvalue weighted by Gasteiger charge is -2.21. The molecule has 5 heteroatoms. The van der Waals surface area contributed by atoms with Crippen LogP contribution < -0.4 is 5.73 Å². The average molecular weight is 298 g/mol. The number of benzene rings is 1. The fourth-order valence-electron chi connectivity index (χ4n) is 2.13. The van der Waals surface area contributed by atoms with Crippen molar-refractivity contribution in [1.82, 2.24) is 4.90 Å². The first kappa shape index (κ1) is 17.1. The summed E-state index contributed by atoms with van der Waals surface area (Å²) >= 11 is 0. The van der Waals surface area contributed by atoms with Crippen LogP contribution in [0.3, 0.4) is 0 Å². The Bertz CT molecular complexity index is 460. The van der Waals surface area contributed by atoms with E-state index in [0.29, 0.717) is 19.5 Å². The topological polar surface area (TPSA) is 63.4 Å². The summed E-state index contributed by atoms with van der Waals surface area (Å²) in [7, 11) is -2.91. The van der Waals surface area contributed by atoms with E-state index >= 15 is 0 Å². The van der Waals surface area contributed by atoms with E-state index in [1.807, 2.05) is 25.1 Å². The third kappa shape index (κ3) is 7.03. The highest BCUT2D eigenvalue weighted by atomic mass is 32.2. The fraction of sp³-hybridized carbons (Fsp3) is 0.600. The van der Waals surface area contributed by atoms with Gasteiger partial charge < -0.3 is 10.6 Å². The molecule has 0 fully saturated rings. The van der Waals surface area contributed by atoms with Crippen LogP contribution in [-0.2, 0) is 16.3 Å². The number of nitrogens with zero attached hydrogens (tertiary/aromatic N) is 1. The fourth-order valence-corrected chi connectivity index (χ4v) is 3.49. The van der Waals surface area contributed by atoms with Crippen LogP contribution in [0.4, 0.5) is 0 Å². The quantitative estimate of drug-likeness (QED) is 0.707. The molecule has 0 aromatic heterocycles. The lowest BCUT2D eigenvalue weighted by molar-refractivity contribution is 0.301. The van der Waals surface area contributed by atoms with Gasteiger partial charge in [-0.15, -0.1) is 0 Å². The summed E-state index contributed by atoms with van der Waals surface area (Å²) in [6.45, 7) is 4.62. The molecule has 4 nitrogen and oxygen atoms in total. The molecule has 0 aliphatic heterocycles. The van der Waals surface area contributed by atoms with Gasteiger partial charge in [0.25, 0.3) is 0 Å². The van der Waals surface area contributed by atoms with Crippen molar-refractivity contribution in [2.24, 2.45) is 5.73 Å². The monoisotopic (exact) mass is 298 g/mol. The van der Waals surface area contributed by atoms with E-state index in [0.717, 1.165) is 19.5 Å². The molecule has 1 aromatic carbocycles. The zero-order chi connectivity index (χ0) is 14.8. The van der Waals surface area contributed by atoms with Crippen LogP contribution in [0.1, 0.15) is 18.9 Å². The van der Waals surface area contributed by atoms with E-state index < -0.39 is 9.84 Å². The zero-order valence-corrected chi connectivity index (χ0v) is 13.1. The standard InChI is InChI=1S/C15H26N2O2S/c1-2-13-20(18,19)14-12-17(11-9-16)10-8-15-6-4-3-5-7-15/h3-7H,2,8-14,16H2,1H3. The lowest BCUT2D eigenvalue weighted by atomic mass is 10.1. The Morgan fingerprint density at radius 3 is 2.35 bits per heavy atom. The zero-order valence-electron chi connectivity index (χ0n) is 12.3. The van der Waals surface area contributed by atoms with Gasteiger partial charge in [0.05, 0.1) is 5.75 Å². The molecule has 0 unspecified atom stereocenters. The van der Waals surface area contributed by atoms with Gasteiger partial charge in [-0.3, -0.25) is 0 Å². The molecule has 2 N–H and O–H groups in total. The van der Waals surface area contributed by atoms with E-state index in [4.69, 9.17) is 5.73 Å². The second kappa shape index (κ2) is 9.10. The second-order valence-corrected chi connectivity index (χ2v) is 7.32. The van der Waals surface area contributed by atoms with E-state index in [2.05, 4.69) is 17.0 Å². The Morgan fingerprint density at radius 2 is 1.75 bits per heavy atom. The maximum Gasteiger partial charge on any atom is 0.151 e. The molecule has 0 amide bonds. The van der Waals surface area contributed by atoms with Crippen LogP contribution >= 0.6 is 0 Å². The molecule has 1 rings (SSSR count). The lowest BCUT2D eigenvalue weighted by Crippen LogP contribution is -2.35. The van der Waals surface area contributed by atoms with Gasteiger partial charge in [0.2, 0.25) is 0 Å². The highest BCUT2D eigenvalue weighted by molar-refractivity contribution is 7.91. The Morgan fingerprint density at radius 1 is 1.05 bits per heavy atom. The van der Waals surface area contributed by atoms with Crippen molar-refractivity contribution in [3.05, 3.63) is 35.9 Å². The van der Waals surface area contributed by atoms with E-state index in [-0.39, 0.29) is 11.5 Å². The van der Waals surface area contributed by atoms with E-state index in [1.165, 1.54) is 5.56 Å². The van der Waals surface area contributed by atoms with Crippen LogP contribution in [0, 0.1) is 0 Å². The van der Waals surface area contributed by atoms with Crippen molar-refractivity contribution in [3.63, 3.8) is 0 Å². The number of hydrogen-bond acceptors (Lipinski definition) is 4. The second-order valence-electron chi connectivity index (χ2n) is 5.02. The van der Waals surface area contributed by atoms with Crippen LogP contribution in [0.15, 0.2) is 30.3 Å². The molecule has 0 spiro atoms. The number of hydrogen-bond donors (Lipinski definition) is 1. The van der Waals surface area contributed by atoms with Crippen molar-refractivity contribution >= 4 is 9.84 Å². The minimum atomic E-state index is -2.91. The molecule has 0 radical (unpaired) electrons. The summed E-state index contributed by atoms with van der Waals surface area (Å²) in [6.07, 6.45) is 1.61. The van der Waals surface area contributed by atoms with Crippen LogP contribution in [0.2, 0.25) is 0 Å². The van der Waals surface area contributed by atoms with Crippen LogP contribution in [-0.4, -0.2) is 51.0 Å². The van der Waals surface area contributed by atoms with Gasteiger partial charge in [-0.2, -0.15) is 0 Å². The summed E-state index contributed by atoms with van der Waals surface area (Å²) in [5.41, 5.74) is 6.87. The predicted molar refractivity (Wildman–Crippen MR) is 84.6 cm³/mol. The highest BCUT2D eigenvalue weighted by Crippen LogP contribution is 2.02. The number of sulfone groups is 1. The Kier molecular flexibility index (Phi) is 7.80. The summed E-state index contributed by atoms with van der Waals surface area (Å²) in [5, 5.41) is 0. The summed E-state index contributed by atoms with van der Waals surface area (Å²) in [4.78, 5) is 2.14. The van der Waals surface area contributed by atoms with Gasteiger partial charge in [0, 0.05) is 31.9 Å². The molecule has 0 aliphatic rings. The molecule has 20 heavy (non-hydrogen) atoms. The normalized spacial score (nSPS) is 11.9. The van der Waals surface area contributed by atoms with E-state index in [1.54, 1.807) is 0 Å². The minimum Gasteiger partial charge on any atom is -0.329 e. The maximum absolute atomic E-state index is 11.8. The van der Waals surface area contributed by atoms with E-state index in [9.17, 15) is 8.42 Å². The first-order valence-corrected chi connectivity index (χ1v) is 9.06. The molecule has 1 aromatic rings. The predicted octanol–water partition coefficient (Wildman–Crippen LogP) is 1.31. The number of nitrogens with two attached hydrogens (primary N) is 1. The van der Waals surface area contributed by atoms with Crippen LogP contribution in [0.25, 0.3) is 0 Å². The summed E-state index contributed by atoms with van der Waals surface area (Å²) < 4.78 is 23.5. The minimum absolute atomic E-state index is 0.232. The van der Waals surface area contributed by atoms with Gasteiger partial charge in [0.1, 0.15) is 0 Å². The van der Waals surface area contributed by atoms with Gasteiger partial charge in [-0.1, -0.05) is 37.3 Å². The Balaban J connectivity index is 2.44. The molecule has 0 saturated heterocycles. The molecule has 0 aliphatic carbocycles. The highest BCUT2D eigenvalue weighted by Gasteiger charge is 2.12. The van der Waals surface area contributed by atoms with Gasteiger partial charge in [0.15, 0.2) is 9.84 Å². The number of rotatable bonds is 10. The smallest absolute Gasteiger partial charge is 0.151 e. The third-order valence-electron chi connectivity index (χ3n) is 3.24. The summed E-state index contributed by atoms with van der Waals surface area (Å²) in [5.74, 6) is 0.512. The molecular formula is C15H26N2O2S. The van der Waals surface area contributed by atoms with Gasteiger partial charge >= 0.3 is 0 Å². The largest absolute Gasteiger partial charge is 0.329 e. The van der Waals surface area contributed by atoms with Gasteiger partial charge in [-0.25, -0.2) is 8.42 Å². The van der Waals surface area contributed by atoms with Gasteiger partial charge in [-0.05, 0) is 18.4 Å². The average Bonchev–Trinajstić information content (AvgIpc) is 2.43. The third-order valence-corrected chi connectivity index (χ3v) is 5.07. The molecule has 0 bridgehead atoms. The van der Waals surface area contributed by atoms with Crippen LogP contribution in [0.5, 0.6) is 0 Å². The Labute approximate surface area is 122 Å². The maximum atomic E-state index is 11.8. The van der Waals surface area contributed by atoms with Crippen molar-refractivity contribution in [2.45, 2.75) is 19.8 Å². The SMILES string of the molecule is CCCS(=O)(=O)CCN(CCN)CCc1ccccc1. The van der Waals surface area contributed by atoms with Crippen molar-refractivity contribution < 1.29 is 8.42 Å².